The maximum Gasteiger partial charge on any atom is 0.307 e. The predicted molar refractivity (Wildman–Crippen MR) is 112 cm³/mol. The molecule has 0 aromatic carbocycles. The monoisotopic (exact) mass is 462 g/mol. The number of hydrogen-bond donors (Lipinski definition) is 5. The molecule has 0 spiro atoms. The lowest BCUT2D eigenvalue weighted by Crippen LogP contribution is -2.42. The maximum absolute atomic E-state index is 11.3. The smallest absolute Gasteiger partial charge is 0.307 e. The maximum atomic E-state index is 11.3. The van der Waals surface area contributed by atoms with Crippen molar-refractivity contribution in [3.05, 3.63) is 0 Å². The Kier molecular flexibility index (Phi) is 20.1. The number of ether oxygens (including phenoxy) is 3. The van der Waals surface area contributed by atoms with Crippen LogP contribution in [0.5, 0.6) is 0 Å². The summed E-state index contributed by atoms with van der Waals surface area (Å²) in [5.41, 5.74) is 0. The van der Waals surface area contributed by atoms with Gasteiger partial charge in [0.25, 0.3) is 5.91 Å². The van der Waals surface area contributed by atoms with E-state index in [1.807, 2.05) is 0 Å². The topological polar surface area (TPSA) is 181 Å². The van der Waals surface area contributed by atoms with Crippen LogP contribution in [0.3, 0.4) is 0 Å². The second-order valence-electron chi connectivity index (χ2n) is 6.36. The van der Waals surface area contributed by atoms with Crippen molar-refractivity contribution < 1.29 is 43.3 Å². The molecule has 184 valence electrons. The Balaban J connectivity index is 3.24. The number of rotatable bonds is 23. The van der Waals surface area contributed by atoms with Crippen LogP contribution in [0.15, 0.2) is 0 Å². The molecule has 0 aliphatic heterocycles. The van der Waals surface area contributed by atoms with E-state index in [9.17, 15) is 24.0 Å². The zero-order valence-corrected chi connectivity index (χ0v) is 18.2. The third kappa shape index (κ3) is 19.5. The van der Waals surface area contributed by atoms with E-state index < -0.39 is 23.6 Å². The van der Waals surface area contributed by atoms with Gasteiger partial charge in [-0.05, 0) is 25.9 Å². The van der Waals surface area contributed by atoms with Crippen molar-refractivity contribution >= 4 is 30.0 Å². The second-order valence-corrected chi connectivity index (χ2v) is 6.36. The van der Waals surface area contributed by atoms with Gasteiger partial charge in [-0.1, -0.05) is 0 Å². The van der Waals surface area contributed by atoms with Crippen molar-refractivity contribution in [1.29, 1.82) is 0 Å². The van der Waals surface area contributed by atoms with E-state index in [2.05, 4.69) is 16.0 Å². The lowest BCUT2D eigenvalue weighted by molar-refractivity contribution is -0.146. The fourth-order valence-electron chi connectivity index (χ4n) is 2.17. The summed E-state index contributed by atoms with van der Waals surface area (Å²) in [5, 5.41) is 18.7. The number of carbonyl (C=O) groups excluding carboxylic acids is 4. The van der Waals surface area contributed by atoms with Gasteiger partial charge in [0.1, 0.15) is 0 Å². The fourth-order valence-corrected chi connectivity index (χ4v) is 2.17. The minimum atomic E-state index is -1.35. The highest BCUT2D eigenvalue weighted by Crippen LogP contribution is 1.86. The normalized spacial score (nSPS) is 10.5. The highest BCUT2D eigenvalue weighted by molar-refractivity contribution is 6.63. The van der Waals surface area contributed by atoms with E-state index in [0.717, 1.165) is 26.1 Å². The molecule has 13 nitrogen and oxygen atoms in total. The molecule has 0 radical (unpaired) electrons. The first-order valence-electron chi connectivity index (χ1n) is 10.4. The molecule has 0 heterocycles. The summed E-state index contributed by atoms with van der Waals surface area (Å²) in [6.07, 6.45) is 1.71. The lowest BCUT2D eigenvalue weighted by atomic mass is 10.3. The summed E-state index contributed by atoms with van der Waals surface area (Å²) in [7, 11) is 0. The van der Waals surface area contributed by atoms with Crippen LogP contribution >= 0.6 is 0 Å². The van der Waals surface area contributed by atoms with Crippen molar-refractivity contribution in [2.45, 2.75) is 19.3 Å². The van der Waals surface area contributed by atoms with Gasteiger partial charge in [-0.2, -0.15) is 0 Å². The van der Waals surface area contributed by atoms with Gasteiger partial charge in [0.05, 0.1) is 33.0 Å². The molecule has 0 aromatic heterocycles. The Labute approximate surface area is 186 Å². The largest absolute Gasteiger partial charge is 0.481 e. The minimum Gasteiger partial charge on any atom is -0.481 e. The van der Waals surface area contributed by atoms with Crippen molar-refractivity contribution in [1.82, 2.24) is 21.3 Å². The molecular formula is C19H34N4O9. The van der Waals surface area contributed by atoms with E-state index in [1.54, 1.807) is 5.32 Å². The summed E-state index contributed by atoms with van der Waals surface area (Å²) in [6.45, 7) is 5.45. The van der Waals surface area contributed by atoms with Crippen molar-refractivity contribution in [2.24, 2.45) is 0 Å². The van der Waals surface area contributed by atoms with Gasteiger partial charge in [0.2, 0.25) is 6.41 Å². The Morgan fingerprint density at radius 1 is 0.688 bits per heavy atom. The van der Waals surface area contributed by atoms with Gasteiger partial charge in [-0.15, -0.1) is 0 Å². The fraction of sp³-hybridized carbons (Fsp3) is 0.737. The van der Waals surface area contributed by atoms with Crippen LogP contribution in [0.25, 0.3) is 0 Å². The molecule has 0 saturated heterocycles. The van der Waals surface area contributed by atoms with Crippen LogP contribution in [-0.4, -0.2) is 107 Å². The third-order valence-corrected chi connectivity index (χ3v) is 3.74. The van der Waals surface area contributed by atoms with Gasteiger partial charge in [0, 0.05) is 32.7 Å². The van der Waals surface area contributed by atoms with E-state index in [0.29, 0.717) is 46.0 Å². The first-order chi connectivity index (χ1) is 15.5. The first-order valence-corrected chi connectivity index (χ1v) is 10.4. The highest BCUT2D eigenvalue weighted by atomic mass is 16.5. The Bertz CT molecular complexity index is 561. The zero-order valence-electron chi connectivity index (χ0n) is 18.2. The number of amides is 3. The number of hydrogen-bond acceptors (Lipinski definition) is 10. The van der Waals surface area contributed by atoms with Crippen molar-refractivity contribution in [3.63, 3.8) is 0 Å². The molecular weight excluding hydrogens is 428 g/mol. The summed E-state index contributed by atoms with van der Waals surface area (Å²) < 4.78 is 16.0. The van der Waals surface area contributed by atoms with Crippen molar-refractivity contribution in [3.8, 4) is 0 Å². The number of imide groups is 1. The number of nitrogens with one attached hydrogen (secondary N) is 4. The molecule has 0 rings (SSSR count). The number of carboxylic acids is 1. The molecule has 0 aliphatic rings. The van der Waals surface area contributed by atoms with Crippen LogP contribution < -0.4 is 21.3 Å². The van der Waals surface area contributed by atoms with E-state index in [-0.39, 0.29) is 26.0 Å². The van der Waals surface area contributed by atoms with Crippen LogP contribution in [0.4, 0.5) is 0 Å². The minimum absolute atomic E-state index is 0.0239. The zero-order chi connectivity index (χ0) is 23.9. The average Bonchev–Trinajstić information content (AvgIpc) is 2.77. The van der Waals surface area contributed by atoms with Crippen molar-refractivity contribution in [2.75, 3.05) is 72.4 Å². The number of Topliss-reactive ketones (excluding diaryl/α,β-unsaturated/α-hetero) is 1. The molecule has 0 aromatic rings. The quantitative estimate of drug-likeness (QED) is 0.0466. The lowest BCUT2D eigenvalue weighted by Gasteiger charge is -2.08. The molecule has 0 unspecified atom stereocenters. The van der Waals surface area contributed by atoms with Gasteiger partial charge in [0.15, 0.2) is 0 Å². The van der Waals surface area contributed by atoms with Crippen LogP contribution in [0, 0.1) is 0 Å². The third-order valence-electron chi connectivity index (χ3n) is 3.74. The number of ketones is 1. The standard InChI is InChI=1S/C19H34N4O9/c24-15-23-19(29)17(27)18(28)22-8-10-31-12-14-32-13-11-30-9-2-5-21-7-6-20-4-1-3-16(25)26/h15,20-21H,1-14H2,(H,22,28)(H,25,26)(H,23,24,29). The van der Waals surface area contributed by atoms with Gasteiger partial charge in [-0.25, -0.2) is 0 Å². The molecule has 0 bridgehead atoms. The summed E-state index contributed by atoms with van der Waals surface area (Å²) in [6, 6.07) is 0. The Morgan fingerprint density at radius 3 is 1.84 bits per heavy atom. The first kappa shape index (κ1) is 29.5. The molecule has 0 saturated carbocycles. The number of aliphatic carboxylic acids is 1. The molecule has 0 atom stereocenters. The molecule has 0 aliphatic carbocycles. The van der Waals surface area contributed by atoms with E-state index in [4.69, 9.17) is 19.3 Å². The molecule has 32 heavy (non-hydrogen) atoms. The van der Waals surface area contributed by atoms with Crippen LogP contribution in [0.1, 0.15) is 19.3 Å². The van der Waals surface area contributed by atoms with Crippen LogP contribution in [0.2, 0.25) is 0 Å². The Morgan fingerprint density at radius 2 is 1.25 bits per heavy atom. The Hall–Kier alpha value is -2.45. The highest BCUT2D eigenvalue weighted by Gasteiger charge is 2.21. The summed E-state index contributed by atoms with van der Waals surface area (Å²) in [5.74, 6) is -4.52. The average molecular weight is 463 g/mol. The summed E-state index contributed by atoms with van der Waals surface area (Å²) in [4.78, 5) is 53.8. The van der Waals surface area contributed by atoms with Crippen LogP contribution in [-0.2, 0) is 38.2 Å². The van der Waals surface area contributed by atoms with E-state index >= 15 is 0 Å². The van der Waals surface area contributed by atoms with Gasteiger partial charge < -0.3 is 35.3 Å². The molecule has 3 amide bonds. The number of carboxylic acid groups (broad SMARTS) is 1. The molecule has 0 fully saturated rings. The number of carbonyl (C=O) groups is 5. The predicted octanol–water partition coefficient (Wildman–Crippen LogP) is -2.57. The summed E-state index contributed by atoms with van der Waals surface area (Å²) >= 11 is 0. The van der Waals surface area contributed by atoms with Gasteiger partial charge in [-0.3, -0.25) is 29.3 Å². The second kappa shape index (κ2) is 21.8. The molecule has 13 heteroatoms. The SMILES string of the molecule is O=CNC(=O)C(=O)C(=O)NCCOCCOCCOCCCNCCNCCCC(=O)O. The van der Waals surface area contributed by atoms with Gasteiger partial charge >= 0.3 is 17.7 Å². The molecule has 5 N–H and O–H groups in total. The van der Waals surface area contributed by atoms with E-state index in [1.165, 1.54) is 0 Å².